The largest absolute Gasteiger partial charge is 0.497 e. The van der Waals surface area contributed by atoms with Gasteiger partial charge in [-0.15, -0.1) is 0 Å². The third kappa shape index (κ3) is 3.28. The molecule has 0 heterocycles. The second kappa shape index (κ2) is 6.09. The Balaban J connectivity index is 2.20. The van der Waals surface area contributed by atoms with Crippen molar-refractivity contribution in [2.24, 2.45) is 5.73 Å². The Kier molecular flexibility index (Phi) is 4.46. The summed E-state index contributed by atoms with van der Waals surface area (Å²) in [7, 11) is 1.67. The molecule has 0 aliphatic carbocycles. The molecule has 0 amide bonds. The van der Waals surface area contributed by atoms with Crippen molar-refractivity contribution in [2.75, 3.05) is 7.11 Å². The van der Waals surface area contributed by atoms with Crippen LogP contribution in [0.15, 0.2) is 42.5 Å². The molecule has 2 rings (SSSR count). The molecule has 2 aromatic rings. The van der Waals surface area contributed by atoms with E-state index in [1.165, 1.54) is 0 Å². The molecule has 0 fully saturated rings. The fraction of sp³-hybridized carbons (Fsp3) is 0.250. The smallest absolute Gasteiger partial charge is 0.119 e. The third-order valence-corrected chi connectivity index (χ3v) is 3.71. The topological polar surface area (TPSA) is 35.2 Å². The minimum Gasteiger partial charge on any atom is -0.497 e. The van der Waals surface area contributed by atoms with Crippen LogP contribution in [0.2, 0.25) is 5.02 Å². The van der Waals surface area contributed by atoms with E-state index in [1.54, 1.807) is 7.11 Å². The minimum atomic E-state index is -0.0641. The first-order chi connectivity index (χ1) is 9.11. The van der Waals surface area contributed by atoms with Crippen LogP contribution in [0.5, 0.6) is 5.75 Å². The molecule has 19 heavy (non-hydrogen) atoms. The van der Waals surface area contributed by atoms with Crippen molar-refractivity contribution in [3.05, 3.63) is 64.2 Å². The van der Waals surface area contributed by atoms with E-state index in [-0.39, 0.29) is 6.04 Å². The fourth-order valence-electron chi connectivity index (χ4n) is 2.19. The van der Waals surface area contributed by atoms with Crippen molar-refractivity contribution in [1.82, 2.24) is 0 Å². The van der Waals surface area contributed by atoms with E-state index < -0.39 is 0 Å². The number of benzene rings is 2. The van der Waals surface area contributed by atoms with Crippen LogP contribution in [0.3, 0.4) is 0 Å². The molecule has 0 bridgehead atoms. The number of hydrogen-bond acceptors (Lipinski definition) is 2. The fourth-order valence-corrected chi connectivity index (χ4v) is 2.37. The van der Waals surface area contributed by atoms with E-state index in [2.05, 4.69) is 6.07 Å². The standard InChI is InChI=1S/C16H18ClNO/c1-11-14(7-4-8-15(11)17)16(18)10-12-5-3-6-13(9-12)19-2/h3-9,16H,10,18H2,1-2H3. The maximum Gasteiger partial charge on any atom is 0.119 e. The highest BCUT2D eigenvalue weighted by molar-refractivity contribution is 6.31. The van der Waals surface area contributed by atoms with Gasteiger partial charge in [-0.25, -0.2) is 0 Å². The molecule has 0 aliphatic heterocycles. The zero-order chi connectivity index (χ0) is 13.8. The third-order valence-electron chi connectivity index (χ3n) is 3.30. The molecule has 2 N–H and O–H groups in total. The number of ether oxygens (including phenoxy) is 1. The number of nitrogens with two attached hydrogens (primary N) is 1. The first-order valence-electron chi connectivity index (χ1n) is 6.25. The highest BCUT2D eigenvalue weighted by Gasteiger charge is 2.11. The number of hydrogen-bond donors (Lipinski definition) is 1. The van der Waals surface area contributed by atoms with Crippen LogP contribution >= 0.6 is 11.6 Å². The van der Waals surface area contributed by atoms with Gasteiger partial charge in [0.15, 0.2) is 0 Å². The lowest BCUT2D eigenvalue weighted by molar-refractivity contribution is 0.414. The Hall–Kier alpha value is -1.51. The van der Waals surface area contributed by atoms with Gasteiger partial charge in [-0.1, -0.05) is 35.9 Å². The van der Waals surface area contributed by atoms with Crippen LogP contribution < -0.4 is 10.5 Å². The Morgan fingerprint density at radius 2 is 1.95 bits per heavy atom. The summed E-state index contributed by atoms with van der Waals surface area (Å²) in [5.74, 6) is 0.854. The molecular formula is C16H18ClNO. The molecule has 2 aromatic carbocycles. The summed E-state index contributed by atoms with van der Waals surface area (Å²) >= 11 is 6.13. The molecule has 0 spiro atoms. The van der Waals surface area contributed by atoms with E-state index in [4.69, 9.17) is 22.1 Å². The Bertz CT molecular complexity index is 568. The molecule has 3 heteroatoms. The van der Waals surface area contributed by atoms with Crippen molar-refractivity contribution in [1.29, 1.82) is 0 Å². The number of methoxy groups -OCH3 is 1. The molecule has 0 saturated carbocycles. The molecule has 0 aromatic heterocycles. The summed E-state index contributed by atoms with van der Waals surface area (Å²) < 4.78 is 5.22. The van der Waals surface area contributed by atoms with Gasteiger partial charge in [0.05, 0.1) is 7.11 Å². The van der Waals surface area contributed by atoms with Gasteiger partial charge in [0.2, 0.25) is 0 Å². The molecular weight excluding hydrogens is 258 g/mol. The van der Waals surface area contributed by atoms with Gasteiger partial charge in [-0.05, 0) is 48.2 Å². The second-order valence-corrected chi connectivity index (χ2v) is 5.02. The summed E-state index contributed by atoms with van der Waals surface area (Å²) in [5.41, 5.74) is 9.60. The maximum absolute atomic E-state index is 6.29. The van der Waals surface area contributed by atoms with Crippen molar-refractivity contribution in [2.45, 2.75) is 19.4 Å². The summed E-state index contributed by atoms with van der Waals surface area (Å²) in [5, 5.41) is 0.763. The lowest BCUT2D eigenvalue weighted by Crippen LogP contribution is -2.14. The summed E-state index contributed by atoms with van der Waals surface area (Å²) in [6, 6.07) is 13.8. The predicted octanol–water partition coefficient (Wildman–Crippen LogP) is 3.90. The normalized spacial score (nSPS) is 12.2. The van der Waals surface area contributed by atoms with E-state index in [9.17, 15) is 0 Å². The molecule has 1 unspecified atom stereocenters. The lowest BCUT2D eigenvalue weighted by atomic mass is 9.96. The summed E-state index contributed by atoms with van der Waals surface area (Å²) in [4.78, 5) is 0. The summed E-state index contributed by atoms with van der Waals surface area (Å²) in [6.07, 6.45) is 0.762. The van der Waals surface area contributed by atoms with Crippen LogP contribution in [-0.2, 0) is 6.42 Å². The predicted molar refractivity (Wildman–Crippen MR) is 79.8 cm³/mol. The van der Waals surface area contributed by atoms with E-state index in [0.29, 0.717) is 0 Å². The van der Waals surface area contributed by atoms with Gasteiger partial charge in [0.1, 0.15) is 5.75 Å². The maximum atomic E-state index is 6.29. The Morgan fingerprint density at radius 1 is 1.21 bits per heavy atom. The number of halogens is 1. The van der Waals surface area contributed by atoms with E-state index in [1.807, 2.05) is 43.3 Å². The van der Waals surface area contributed by atoms with E-state index >= 15 is 0 Å². The van der Waals surface area contributed by atoms with Gasteiger partial charge in [-0.2, -0.15) is 0 Å². The molecule has 1 atom stereocenters. The molecule has 0 radical (unpaired) electrons. The van der Waals surface area contributed by atoms with Gasteiger partial charge < -0.3 is 10.5 Å². The zero-order valence-corrected chi connectivity index (χ0v) is 11.9. The highest BCUT2D eigenvalue weighted by atomic mass is 35.5. The average Bonchev–Trinajstić information content (AvgIpc) is 2.42. The Labute approximate surface area is 119 Å². The SMILES string of the molecule is COc1cccc(CC(N)c2cccc(Cl)c2C)c1. The van der Waals surface area contributed by atoms with Crippen LogP contribution in [0, 0.1) is 6.92 Å². The minimum absolute atomic E-state index is 0.0641. The molecule has 100 valence electrons. The first-order valence-corrected chi connectivity index (χ1v) is 6.63. The van der Waals surface area contributed by atoms with Crippen molar-refractivity contribution < 1.29 is 4.74 Å². The van der Waals surface area contributed by atoms with Crippen LogP contribution in [0.4, 0.5) is 0 Å². The number of rotatable bonds is 4. The average molecular weight is 276 g/mol. The highest BCUT2D eigenvalue weighted by Crippen LogP contribution is 2.26. The van der Waals surface area contributed by atoms with Crippen LogP contribution in [-0.4, -0.2) is 7.11 Å². The van der Waals surface area contributed by atoms with Crippen LogP contribution in [0.25, 0.3) is 0 Å². The van der Waals surface area contributed by atoms with Crippen LogP contribution in [0.1, 0.15) is 22.7 Å². The Morgan fingerprint density at radius 3 is 2.68 bits per heavy atom. The van der Waals surface area contributed by atoms with Crippen molar-refractivity contribution in [3.63, 3.8) is 0 Å². The first kappa shape index (κ1) is 13.9. The van der Waals surface area contributed by atoms with Gasteiger partial charge in [0.25, 0.3) is 0 Å². The summed E-state index contributed by atoms with van der Waals surface area (Å²) in [6.45, 7) is 2.00. The quantitative estimate of drug-likeness (QED) is 0.918. The van der Waals surface area contributed by atoms with Crippen molar-refractivity contribution in [3.8, 4) is 5.75 Å². The monoisotopic (exact) mass is 275 g/mol. The lowest BCUT2D eigenvalue weighted by Gasteiger charge is -2.16. The van der Waals surface area contributed by atoms with Gasteiger partial charge in [-0.3, -0.25) is 0 Å². The molecule has 0 saturated heterocycles. The zero-order valence-electron chi connectivity index (χ0n) is 11.2. The molecule has 2 nitrogen and oxygen atoms in total. The van der Waals surface area contributed by atoms with Crippen molar-refractivity contribution >= 4 is 11.6 Å². The van der Waals surface area contributed by atoms with E-state index in [0.717, 1.165) is 33.9 Å². The second-order valence-electron chi connectivity index (χ2n) is 4.62. The molecule has 0 aliphatic rings. The van der Waals surface area contributed by atoms with Gasteiger partial charge in [0, 0.05) is 11.1 Å². The van der Waals surface area contributed by atoms with Gasteiger partial charge >= 0.3 is 0 Å².